The molecule has 0 aliphatic carbocycles. The van der Waals surface area contributed by atoms with Gasteiger partial charge in [0, 0.05) is 32.7 Å². The summed E-state index contributed by atoms with van der Waals surface area (Å²) in [5.41, 5.74) is 1.44. The van der Waals surface area contributed by atoms with E-state index in [-0.39, 0.29) is 17.9 Å². The van der Waals surface area contributed by atoms with Gasteiger partial charge >= 0.3 is 11.8 Å². The van der Waals surface area contributed by atoms with Gasteiger partial charge in [-0.1, -0.05) is 12.1 Å². The van der Waals surface area contributed by atoms with Crippen molar-refractivity contribution in [1.82, 2.24) is 14.4 Å². The molecule has 2 fully saturated rings. The molecule has 7 nitrogen and oxygen atoms in total. The second-order valence-electron chi connectivity index (χ2n) is 5.71. The Morgan fingerprint density at radius 1 is 1.14 bits per heavy atom. The minimum Gasteiger partial charge on any atom is -0.447 e. The van der Waals surface area contributed by atoms with Crippen LogP contribution in [-0.4, -0.2) is 59.3 Å². The quantitative estimate of drug-likeness (QED) is 0.836. The van der Waals surface area contributed by atoms with Gasteiger partial charge in [0.25, 0.3) is 0 Å². The van der Waals surface area contributed by atoms with E-state index >= 15 is 0 Å². The van der Waals surface area contributed by atoms with Gasteiger partial charge in [0.1, 0.15) is 6.61 Å². The van der Waals surface area contributed by atoms with Crippen molar-refractivity contribution in [2.24, 2.45) is 0 Å². The number of hydrogen-bond donors (Lipinski definition) is 0. The number of benzene rings is 1. The first kappa shape index (κ1) is 13.4. The van der Waals surface area contributed by atoms with Gasteiger partial charge in [-0.2, -0.15) is 0 Å². The Hall–Kier alpha value is -2.28. The van der Waals surface area contributed by atoms with Gasteiger partial charge in [-0.25, -0.2) is 9.59 Å². The molecule has 2 saturated heterocycles. The maximum Gasteiger partial charge on any atom is 0.419 e. The molecule has 1 aromatic carbocycles. The number of aromatic nitrogens is 1. The summed E-state index contributed by atoms with van der Waals surface area (Å²) in [6, 6.07) is 7.58. The number of amides is 1. The lowest BCUT2D eigenvalue weighted by Crippen LogP contribution is -2.52. The van der Waals surface area contributed by atoms with E-state index in [9.17, 15) is 9.59 Å². The topological polar surface area (TPSA) is 67.9 Å². The van der Waals surface area contributed by atoms with E-state index in [2.05, 4.69) is 4.90 Å². The molecular formula is C15H17N3O4. The second-order valence-corrected chi connectivity index (χ2v) is 5.71. The largest absolute Gasteiger partial charge is 0.447 e. The third kappa shape index (κ3) is 2.18. The van der Waals surface area contributed by atoms with E-state index in [1.54, 1.807) is 15.5 Å². The van der Waals surface area contributed by atoms with Crippen LogP contribution in [0.25, 0.3) is 11.1 Å². The maximum atomic E-state index is 11.9. The molecule has 1 amide bonds. The van der Waals surface area contributed by atoms with Crippen LogP contribution in [0.5, 0.6) is 0 Å². The van der Waals surface area contributed by atoms with Crippen molar-refractivity contribution in [2.45, 2.75) is 12.6 Å². The number of hydrogen-bond acceptors (Lipinski definition) is 5. The fourth-order valence-electron chi connectivity index (χ4n) is 3.22. The van der Waals surface area contributed by atoms with Gasteiger partial charge in [-0.3, -0.25) is 14.4 Å². The van der Waals surface area contributed by atoms with Crippen LogP contribution in [0.1, 0.15) is 0 Å². The first-order valence-electron chi connectivity index (χ1n) is 7.46. The number of carbonyl (C=O) groups is 1. The first-order valence-corrected chi connectivity index (χ1v) is 7.46. The number of nitrogens with zero attached hydrogens (tertiary/aromatic N) is 3. The molecule has 2 aliphatic heterocycles. The van der Waals surface area contributed by atoms with Gasteiger partial charge < -0.3 is 9.15 Å². The highest BCUT2D eigenvalue weighted by molar-refractivity contribution is 5.72. The van der Waals surface area contributed by atoms with Crippen molar-refractivity contribution in [3.05, 3.63) is 34.8 Å². The molecule has 22 heavy (non-hydrogen) atoms. The van der Waals surface area contributed by atoms with Crippen molar-refractivity contribution in [3.8, 4) is 0 Å². The van der Waals surface area contributed by atoms with Crippen LogP contribution >= 0.6 is 0 Å². The molecule has 0 spiro atoms. The van der Waals surface area contributed by atoms with Gasteiger partial charge in [-0.15, -0.1) is 0 Å². The van der Waals surface area contributed by atoms with E-state index in [0.717, 1.165) is 25.2 Å². The van der Waals surface area contributed by atoms with Gasteiger partial charge in [0.2, 0.25) is 0 Å². The zero-order valence-corrected chi connectivity index (χ0v) is 12.1. The maximum absolute atomic E-state index is 11.9. The van der Waals surface area contributed by atoms with Crippen molar-refractivity contribution in [2.75, 3.05) is 32.8 Å². The molecule has 1 aromatic heterocycles. The molecule has 0 radical (unpaired) electrons. The normalized spacial score (nSPS) is 22.1. The SMILES string of the molecule is O=C1OC[C@H]2CN(CCn3c(=O)oc4ccccc43)CCN12. The first-order chi connectivity index (χ1) is 10.7. The molecule has 0 unspecified atom stereocenters. The average molecular weight is 303 g/mol. The predicted molar refractivity (Wildman–Crippen MR) is 78.8 cm³/mol. The summed E-state index contributed by atoms with van der Waals surface area (Å²) in [6.45, 7) is 4.07. The molecule has 3 heterocycles. The van der Waals surface area contributed by atoms with Gasteiger partial charge in [0.05, 0.1) is 11.6 Å². The van der Waals surface area contributed by atoms with Crippen molar-refractivity contribution < 1.29 is 13.9 Å². The summed E-state index contributed by atoms with van der Waals surface area (Å²) >= 11 is 0. The standard InChI is InChI=1S/C15H17N3O4/c19-14-17-7-5-16(9-11(17)10-21-14)6-8-18-12-3-1-2-4-13(12)22-15(18)20/h1-4,11H,5-10H2/t11-/m1/s1. The Labute approximate surface area is 126 Å². The molecule has 0 N–H and O–H groups in total. The number of carbonyl (C=O) groups excluding carboxylic acids is 1. The number of cyclic esters (lactones) is 1. The molecule has 7 heteroatoms. The van der Waals surface area contributed by atoms with Crippen molar-refractivity contribution in [3.63, 3.8) is 0 Å². The number of ether oxygens (including phenoxy) is 1. The number of rotatable bonds is 3. The monoisotopic (exact) mass is 303 g/mol. The average Bonchev–Trinajstić information content (AvgIpc) is 3.05. The molecule has 0 bridgehead atoms. The van der Waals surface area contributed by atoms with E-state index in [4.69, 9.17) is 9.15 Å². The summed E-state index contributed by atoms with van der Waals surface area (Å²) in [5.74, 6) is -0.320. The fourth-order valence-corrected chi connectivity index (χ4v) is 3.22. The van der Waals surface area contributed by atoms with Crippen LogP contribution in [0.4, 0.5) is 4.79 Å². The van der Waals surface area contributed by atoms with E-state index in [0.29, 0.717) is 25.3 Å². The summed E-state index contributed by atoms with van der Waals surface area (Å²) in [7, 11) is 0. The number of para-hydroxylation sites is 2. The predicted octanol–water partition coefficient (Wildman–Crippen LogP) is 0.731. The molecule has 1 atom stereocenters. The minimum atomic E-state index is -0.320. The summed E-state index contributed by atoms with van der Waals surface area (Å²) in [4.78, 5) is 27.5. The molecule has 2 aromatic rings. The molecule has 0 saturated carbocycles. The van der Waals surface area contributed by atoms with E-state index in [1.165, 1.54) is 0 Å². The number of oxazole rings is 1. The Morgan fingerprint density at radius 3 is 2.91 bits per heavy atom. The lowest BCUT2D eigenvalue weighted by Gasteiger charge is -2.35. The highest BCUT2D eigenvalue weighted by atomic mass is 16.6. The van der Waals surface area contributed by atoms with E-state index in [1.807, 2.05) is 18.2 Å². The smallest absolute Gasteiger partial charge is 0.419 e. The van der Waals surface area contributed by atoms with Crippen LogP contribution in [0.2, 0.25) is 0 Å². The van der Waals surface area contributed by atoms with Crippen LogP contribution in [-0.2, 0) is 11.3 Å². The summed E-state index contributed by atoms with van der Waals surface area (Å²) in [5, 5.41) is 0. The Morgan fingerprint density at radius 2 is 2.00 bits per heavy atom. The lowest BCUT2D eigenvalue weighted by molar-refractivity contribution is 0.117. The van der Waals surface area contributed by atoms with Crippen molar-refractivity contribution in [1.29, 1.82) is 0 Å². The molecule has 116 valence electrons. The molecule has 4 rings (SSSR count). The zero-order chi connectivity index (χ0) is 15.1. The van der Waals surface area contributed by atoms with Gasteiger partial charge in [-0.05, 0) is 12.1 Å². The summed E-state index contributed by atoms with van der Waals surface area (Å²) in [6.07, 6.45) is -0.207. The summed E-state index contributed by atoms with van der Waals surface area (Å²) < 4.78 is 12.0. The molecule has 2 aliphatic rings. The zero-order valence-electron chi connectivity index (χ0n) is 12.1. The third-order valence-electron chi connectivity index (χ3n) is 4.41. The highest BCUT2D eigenvalue weighted by Crippen LogP contribution is 2.18. The minimum absolute atomic E-state index is 0.138. The lowest BCUT2D eigenvalue weighted by atomic mass is 10.2. The highest BCUT2D eigenvalue weighted by Gasteiger charge is 2.37. The van der Waals surface area contributed by atoms with Crippen molar-refractivity contribution >= 4 is 17.2 Å². The number of fused-ring (bicyclic) bond motifs is 2. The molecular weight excluding hydrogens is 286 g/mol. The van der Waals surface area contributed by atoms with Crippen LogP contribution in [0.15, 0.2) is 33.5 Å². The van der Waals surface area contributed by atoms with E-state index < -0.39 is 0 Å². The fraction of sp³-hybridized carbons (Fsp3) is 0.467. The second kappa shape index (κ2) is 5.17. The third-order valence-corrected chi connectivity index (χ3v) is 4.41. The Bertz CT molecular complexity index is 765. The van der Waals surface area contributed by atoms with Crippen LogP contribution in [0, 0.1) is 0 Å². The van der Waals surface area contributed by atoms with Crippen LogP contribution in [0.3, 0.4) is 0 Å². The van der Waals surface area contributed by atoms with Gasteiger partial charge in [0.15, 0.2) is 5.58 Å². The Balaban J connectivity index is 1.45. The van der Waals surface area contributed by atoms with Crippen LogP contribution < -0.4 is 5.76 Å². The Kier molecular flexibility index (Phi) is 3.15. The number of piperazine rings is 1.